The van der Waals surface area contributed by atoms with Gasteiger partial charge in [0, 0.05) is 26.0 Å². The van der Waals surface area contributed by atoms with Gasteiger partial charge in [0.05, 0.1) is 0 Å². The Labute approximate surface area is 129 Å². The van der Waals surface area contributed by atoms with Crippen LogP contribution in [0.3, 0.4) is 0 Å². The summed E-state index contributed by atoms with van der Waals surface area (Å²) in [5.41, 5.74) is 0. The van der Waals surface area contributed by atoms with Gasteiger partial charge in [-0.1, -0.05) is 52.3 Å². The Kier molecular flexibility index (Phi) is 2.59. The highest BCUT2D eigenvalue weighted by molar-refractivity contribution is 9.10. The molecule has 4 aromatic rings. The number of hydrogen-bond acceptors (Lipinski definition) is 2. The quantitative estimate of drug-likeness (QED) is 0.259. The molecule has 102 valence electrons. The van der Waals surface area contributed by atoms with Crippen LogP contribution < -0.4 is 0 Å². The van der Waals surface area contributed by atoms with Crippen LogP contribution in [0.5, 0.6) is 11.5 Å². The molecule has 2 N–H and O–H groups in total. The summed E-state index contributed by atoms with van der Waals surface area (Å²) in [7, 11) is 0. The van der Waals surface area contributed by atoms with E-state index in [1.807, 2.05) is 54.6 Å². The topological polar surface area (TPSA) is 40.5 Å². The van der Waals surface area contributed by atoms with Crippen molar-refractivity contribution in [3.8, 4) is 11.5 Å². The molecule has 3 heteroatoms. The summed E-state index contributed by atoms with van der Waals surface area (Å²) in [4.78, 5) is 0. The van der Waals surface area contributed by atoms with Crippen LogP contribution in [0, 0.1) is 0 Å². The molecule has 0 aliphatic rings. The molecule has 21 heavy (non-hydrogen) atoms. The summed E-state index contributed by atoms with van der Waals surface area (Å²) in [6, 6.07) is 17.1. The van der Waals surface area contributed by atoms with Crippen molar-refractivity contribution >= 4 is 48.2 Å². The van der Waals surface area contributed by atoms with E-state index in [2.05, 4.69) is 15.9 Å². The van der Waals surface area contributed by atoms with Crippen molar-refractivity contribution in [1.82, 2.24) is 0 Å². The minimum absolute atomic E-state index is 0.209. The maximum absolute atomic E-state index is 10.7. The predicted molar refractivity (Wildman–Crippen MR) is 90.0 cm³/mol. The summed E-state index contributed by atoms with van der Waals surface area (Å²) in [6.07, 6.45) is 0. The molecule has 0 saturated carbocycles. The van der Waals surface area contributed by atoms with Gasteiger partial charge in [0.1, 0.15) is 11.5 Å². The van der Waals surface area contributed by atoms with Crippen LogP contribution in [0.25, 0.3) is 32.3 Å². The Morgan fingerprint density at radius 2 is 1.33 bits per heavy atom. The van der Waals surface area contributed by atoms with Gasteiger partial charge in [-0.05, 0) is 29.0 Å². The molecule has 0 atom stereocenters. The molecule has 0 unspecified atom stereocenters. The van der Waals surface area contributed by atoms with Crippen LogP contribution in [0.4, 0.5) is 0 Å². The summed E-state index contributed by atoms with van der Waals surface area (Å²) in [5.74, 6) is 0.419. The van der Waals surface area contributed by atoms with Gasteiger partial charge >= 0.3 is 0 Å². The molecule has 0 bridgehead atoms. The highest BCUT2D eigenvalue weighted by atomic mass is 79.9. The van der Waals surface area contributed by atoms with Gasteiger partial charge in [0.25, 0.3) is 0 Å². The molecule has 0 spiro atoms. The normalized spacial score (nSPS) is 11.5. The maximum atomic E-state index is 10.7. The number of hydrogen-bond donors (Lipinski definition) is 2. The highest BCUT2D eigenvalue weighted by Gasteiger charge is 2.14. The van der Waals surface area contributed by atoms with Gasteiger partial charge in [-0.25, -0.2) is 0 Å². The molecule has 0 fully saturated rings. The number of halogens is 1. The fourth-order valence-electron chi connectivity index (χ4n) is 2.92. The Morgan fingerprint density at radius 3 is 2.10 bits per heavy atom. The summed E-state index contributed by atoms with van der Waals surface area (Å²) in [6.45, 7) is 0. The van der Waals surface area contributed by atoms with Gasteiger partial charge in [-0.3, -0.25) is 0 Å². The zero-order valence-corrected chi connectivity index (χ0v) is 12.6. The number of phenols is 2. The Morgan fingerprint density at radius 1 is 0.667 bits per heavy atom. The van der Waals surface area contributed by atoms with E-state index in [1.54, 1.807) is 0 Å². The summed E-state index contributed by atoms with van der Waals surface area (Å²) >= 11 is 3.47. The largest absolute Gasteiger partial charge is 0.507 e. The second-order valence-electron chi connectivity index (χ2n) is 5.10. The predicted octanol–water partition coefficient (Wildman–Crippen LogP) is 5.32. The molecule has 0 saturated heterocycles. The van der Waals surface area contributed by atoms with E-state index >= 15 is 0 Å². The van der Waals surface area contributed by atoms with Crippen molar-refractivity contribution in [2.45, 2.75) is 0 Å². The minimum atomic E-state index is 0.209. The third-order valence-corrected chi connectivity index (χ3v) is 4.41. The summed E-state index contributed by atoms with van der Waals surface area (Å²) in [5, 5.41) is 25.9. The average Bonchev–Trinajstić information content (AvgIpc) is 2.51. The Balaban J connectivity index is 2.36. The van der Waals surface area contributed by atoms with E-state index in [0.717, 1.165) is 15.2 Å². The minimum Gasteiger partial charge on any atom is -0.507 e. The van der Waals surface area contributed by atoms with E-state index in [9.17, 15) is 10.2 Å². The lowest BCUT2D eigenvalue weighted by Crippen LogP contribution is -1.83. The Bertz CT molecular complexity index is 1020. The van der Waals surface area contributed by atoms with Crippen LogP contribution >= 0.6 is 15.9 Å². The number of rotatable bonds is 0. The zero-order chi connectivity index (χ0) is 14.6. The van der Waals surface area contributed by atoms with Gasteiger partial charge in [0.2, 0.25) is 0 Å². The first-order chi connectivity index (χ1) is 10.2. The monoisotopic (exact) mass is 338 g/mol. The lowest BCUT2D eigenvalue weighted by Gasteiger charge is -2.12. The van der Waals surface area contributed by atoms with Crippen LogP contribution in [0.15, 0.2) is 59.1 Å². The van der Waals surface area contributed by atoms with Gasteiger partial charge in [0.15, 0.2) is 0 Å². The van der Waals surface area contributed by atoms with Crippen molar-refractivity contribution in [2.75, 3.05) is 0 Å². The SMILES string of the molecule is Oc1c2ccccc2c(O)c2c1ccc1ccc(Br)cc12. The smallest absolute Gasteiger partial charge is 0.132 e. The standard InChI is InChI=1S/C18H11BrO2/c19-11-7-5-10-6-8-14-16(15(10)9-11)18(21)13-4-2-1-3-12(13)17(14)20/h1-9,20-21H. The highest BCUT2D eigenvalue weighted by Crippen LogP contribution is 2.44. The van der Waals surface area contributed by atoms with Crippen molar-refractivity contribution < 1.29 is 10.2 Å². The zero-order valence-electron chi connectivity index (χ0n) is 11.0. The van der Waals surface area contributed by atoms with E-state index in [0.29, 0.717) is 21.5 Å². The molecule has 0 amide bonds. The lowest BCUT2D eigenvalue weighted by atomic mass is 9.96. The molecule has 4 rings (SSSR count). The number of fused-ring (bicyclic) bond motifs is 4. The molecule has 0 aliphatic heterocycles. The fourth-order valence-corrected chi connectivity index (χ4v) is 3.28. The van der Waals surface area contributed by atoms with Gasteiger partial charge in [-0.15, -0.1) is 0 Å². The molecular formula is C18H11BrO2. The van der Waals surface area contributed by atoms with Crippen LogP contribution in [0.1, 0.15) is 0 Å². The fraction of sp³-hybridized carbons (Fsp3) is 0. The lowest BCUT2D eigenvalue weighted by molar-refractivity contribution is 0.479. The van der Waals surface area contributed by atoms with Gasteiger partial charge < -0.3 is 10.2 Å². The first-order valence-corrected chi connectivity index (χ1v) is 7.41. The summed E-state index contributed by atoms with van der Waals surface area (Å²) < 4.78 is 0.939. The number of phenolic OH excluding ortho intramolecular Hbond substituents is 2. The van der Waals surface area contributed by atoms with Crippen molar-refractivity contribution in [3.63, 3.8) is 0 Å². The number of benzene rings is 4. The second-order valence-corrected chi connectivity index (χ2v) is 6.01. The molecule has 0 heterocycles. The third kappa shape index (κ3) is 1.71. The maximum Gasteiger partial charge on any atom is 0.132 e. The molecule has 4 aromatic carbocycles. The average molecular weight is 339 g/mol. The van der Waals surface area contributed by atoms with Crippen LogP contribution in [0.2, 0.25) is 0 Å². The van der Waals surface area contributed by atoms with E-state index in [4.69, 9.17) is 0 Å². The van der Waals surface area contributed by atoms with Crippen molar-refractivity contribution in [1.29, 1.82) is 0 Å². The van der Waals surface area contributed by atoms with E-state index < -0.39 is 0 Å². The third-order valence-electron chi connectivity index (χ3n) is 3.91. The second kappa shape index (κ2) is 4.37. The van der Waals surface area contributed by atoms with Crippen molar-refractivity contribution in [2.24, 2.45) is 0 Å². The Hall–Kier alpha value is -2.26. The number of aromatic hydroxyl groups is 2. The van der Waals surface area contributed by atoms with E-state index in [-0.39, 0.29) is 11.5 Å². The molecular weight excluding hydrogens is 328 g/mol. The molecule has 0 aromatic heterocycles. The van der Waals surface area contributed by atoms with Gasteiger partial charge in [-0.2, -0.15) is 0 Å². The van der Waals surface area contributed by atoms with E-state index in [1.165, 1.54) is 0 Å². The first kappa shape index (κ1) is 12.5. The first-order valence-electron chi connectivity index (χ1n) is 6.61. The van der Waals surface area contributed by atoms with Crippen LogP contribution in [-0.4, -0.2) is 10.2 Å². The molecule has 0 radical (unpaired) electrons. The van der Waals surface area contributed by atoms with Crippen molar-refractivity contribution in [3.05, 3.63) is 59.1 Å². The molecule has 0 aliphatic carbocycles. The van der Waals surface area contributed by atoms with Crippen LogP contribution in [-0.2, 0) is 0 Å². The molecule has 2 nitrogen and oxygen atoms in total.